The lowest BCUT2D eigenvalue weighted by Crippen LogP contribution is -2.34. The molecule has 22 heavy (non-hydrogen) atoms. The van der Waals surface area contributed by atoms with Crippen molar-refractivity contribution >= 4 is 28.3 Å². The van der Waals surface area contributed by atoms with E-state index in [0.29, 0.717) is 23.9 Å². The number of carbonyl (C=O) groups is 2. The van der Waals surface area contributed by atoms with Crippen LogP contribution in [0.2, 0.25) is 0 Å². The van der Waals surface area contributed by atoms with Gasteiger partial charge < -0.3 is 10.4 Å². The Morgan fingerprint density at radius 2 is 2.05 bits per heavy atom. The second kappa shape index (κ2) is 6.20. The number of anilines is 1. The number of allylic oxidation sites excluding steroid dienone is 2. The highest BCUT2D eigenvalue weighted by molar-refractivity contribution is 7.15. The summed E-state index contributed by atoms with van der Waals surface area (Å²) in [6.07, 6.45) is 7.74. The Balaban J connectivity index is 1.71. The normalized spacial score (nSPS) is 27.2. The molecule has 118 valence electrons. The first kappa shape index (κ1) is 15.2. The van der Waals surface area contributed by atoms with Gasteiger partial charge >= 0.3 is 5.97 Å². The van der Waals surface area contributed by atoms with E-state index in [1.165, 1.54) is 16.2 Å². The number of hydrogen-bond acceptors (Lipinski definition) is 4. The number of hydrogen-bond donors (Lipinski definition) is 2. The number of aromatic nitrogens is 1. The third kappa shape index (κ3) is 3.06. The van der Waals surface area contributed by atoms with Crippen LogP contribution in [-0.2, 0) is 22.4 Å². The summed E-state index contributed by atoms with van der Waals surface area (Å²) in [5.74, 6) is -1.62. The summed E-state index contributed by atoms with van der Waals surface area (Å²) in [4.78, 5) is 29.5. The molecule has 1 amide bonds. The highest BCUT2D eigenvalue weighted by Crippen LogP contribution is 2.33. The predicted octanol–water partition coefficient (Wildman–Crippen LogP) is 2.87. The number of thiazole rings is 1. The summed E-state index contributed by atoms with van der Waals surface area (Å²) >= 11 is 1.53. The molecule has 6 heteroatoms. The van der Waals surface area contributed by atoms with E-state index in [-0.39, 0.29) is 5.91 Å². The van der Waals surface area contributed by atoms with Crippen molar-refractivity contribution in [2.24, 2.45) is 17.8 Å². The van der Waals surface area contributed by atoms with Crippen LogP contribution in [0.3, 0.4) is 0 Å². The largest absolute Gasteiger partial charge is 0.481 e. The Hall–Kier alpha value is -1.69. The Morgan fingerprint density at radius 3 is 2.77 bits per heavy atom. The number of rotatable bonds is 3. The van der Waals surface area contributed by atoms with Gasteiger partial charge in [0.05, 0.1) is 17.5 Å². The third-order valence-corrected chi connectivity index (χ3v) is 5.54. The van der Waals surface area contributed by atoms with E-state index in [1.807, 2.05) is 12.2 Å². The van der Waals surface area contributed by atoms with Crippen molar-refractivity contribution in [3.8, 4) is 0 Å². The minimum absolute atomic E-state index is 0.226. The highest BCUT2D eigenvalue weighted by atomic mass is 32.1. The van der Waals surface area contributed by atoms with Gasteiger partial charge in [-0.2, -0.15) is 0 Å². The van der Waals surface area contributed by atoms with E-state index < -0.39 is 17.8 Å². The zero-order valence-corrected chi connectivity index (χ0v) is 13.4. The van der Waals surface area contributed by atoms with Gasteiger partial charge in [-0.15, -0.1) is 11.3 Å². The first-order valence-corrected chi connectivity index (χ1v) is 8.53. The summed E-state index contributed by atoms with van der Waals surface area (Å²) in [7, 11) is 0. The number of carbonyl (C=O) groups excluding carboxylic acids is 1. The minimum atomic E-state index is -0.906. The Labute approximate surface area is 133 Å². The maximum atomic E-state index is 12.4. The number of carboxylic acids is 1. The molecule has 3 unspecified atom stereocenters. The van der Waals surface area contributed by atoms with Crippen LogP contribution in [0.4, 0.5) is 5.13 Å². The van der Waals surface area contributed by atoms with E-state index in [9.17, 15) is 14.7 Å². The second-order valence-electron chi connectivity index (χ2n) is 6.22. The lowest BCUT2D eigenvalue weighted by atomic mass is 9.82. The molecule has 5 nitrogen and oxygen atoms in total. The topological polar surface area (TPSA) is 79.3 Å². The number of carboxylic acid groups (broad SMARTS) is 1. The molecule has 3 atom stereocenters. The Bertz CT molecular complexity index is 623. The van der Waals surface area contributed by atoms with Crippen molar-refractivity contribution in [1.82, 2.24) is 4.98 Å². The number of fused-ring (bicyclic) bond motifs is 1. The van der Waals surface area contributed by atoms with Crippen LogP contribution in [0.5, 0.6) is 0 Å². The Morgan fingerprint density at radius 1 is 1.32 bits per heavy atom. The molecule has 0 bridgehead atoms. The number of aliphatic carboxylic acids is 1. The zero-order chi connectivity index (χ0) is 15.7. The first-order chi connectivity index (χ1) is 10.5. The summed E-state index contributed by atoms with van der Waals surface area (Å²) in [6.45, 7) is 2.23. The van der Waals surface area contributed by atoms with Crippen molar-refractivity contribution in [3.05, 3.63) is 22.7 Å². The van der Waals surface area contributed by atoms with Gasteiger partial charge in [0.2, 0.25) is 5.91 Å². The molecule has 0 radical (unpaired) electrons. The van der Waals surface area contributed by atoms with Crippen LogP contribution in [0.1, 0.15) is 36.8 Å². The zero-order valence-electron chi connectivity index (χ0n) is 12.5. The van der Waals surface area contributed by atoms with Crippen LogP contribution >= 0.6 is 11.3 Å². The molecule has 0 aliphatic heterocycles. The monoisotopic (exact) mass is 320 g/mol. The van der Waals surface area contributed by atoms with Crippen LogP contribution < -0.4 is 5.32 Å². The van der Waals surface area contributed by atoms with Gasteiger partial charge in [0, 0.05) is 4.88 Å². The highest BCUT2D eigenvalue weighted by Gasteiger charge is 2.34. The minimum Gasteiger partial charge on any atom is -0.481 e. The third-order valence-electron chi connectivity index (χ3n) is 4.50. The molecular weight excluding hydrogens is 300 g/mol. The average Bonchev–Trinajstić information content (AvgIpc) is 2.88. The summed E-state index contributed by atoms with van der Waals surface area (Å²) in [5, 5.41) is 12.7. The fourth-order valence-electron chi connectivity index (χ4n) is 3.17. The maximum Gasteiger partial charge on any atom is 0.307 e. The number of amides is 1. The van der Waals surface area contributed by atoms with Crippen LogP contribution in [0, 0.1) is 17.8 Å². The first-order valence-electron chi connectivity index (χ1n) is 7.72. The van der Waals surface area contributed by atoms with Crippen molar-refractivity contribution < 1.29 is 14.7 Å². The van der Waals surface area contributed by atoms with Gasteiger partial charge in [-0.1, -0.05) is 19.1 Å². The number of aryl methyl sites for hydroxylation is 1. The second-order valence-corrected chi connectivity index (χ2v) is 7.30. The quantitative estimate of drug-likeness (QED) is 0.839. The molecule has 2 aliphatic carbocycles. The Kier molecular flexibility index (Phi) is 4.29. The molecule has 0 fully saturated rings. The fourth-order valence-corrected chi connectivity index (χ4v) is 4.34. The molecule has 0 spiro atoms. The fraction of sp³-hybridized carbons (Fsp3) is 0.562. The summed E-state index contributed by atoms with van der Waals surface area (Å²) in [6, 6.07) is 0. The molecule has 2 aliphatic rings. The van der Waals surface area contributed by atoms with Crippen molar-refractivity contribution in [2.45, 2.75) is 39.0 Å². The molecule has 1 heterocycles. The van der Waals surface area contributed by atoms with E-state index in [4.69, 9.17) is 0 Å². The van der Waals surface area contributed by atoms with Gasteiger partial charge in [0.25, 0.3) is 0 Å². The molecule has 3 rings (SSSR count). The molecule has 1 aromatic heterocycles. The smallest absolute Gasteiger partial charge is 0.307 e. The van der Waals surface area contributed by atoms with Crippen molar-refractivity contribution in [3.63, 3.8) is 0 Å². The van der Waals surface area contributed by atoms with Gasteiger partial charge in [0.1, 0.15) is 0 Å². The van der Waals surface area contributed by atoms with Gasteiger partial charge in [-0.25, -0.2) is 4.98 Å². The molecule has 1 aromatic rings. The SMILES string of the molecule is CC1CCc2nc(NC(=O)C3CC=CCC3C(=O)O)sc2C1. The van der Waals surface area contributed by atoms with E-state index in [1.54, 1.807) is 0 Å². The average molecular weight is 320 g/mol. The molecule has 0 saturated heterocycles. The van der Waals surface area contributed by atoms with Crippen LogP contribution in [0.25, 0.3) is 0 Å². The lowest BCUT2D eigenvalue weighted by Gasteiger charge is -2.23. The molecule has 2 N–H and O–H groups in total. The molecular formula is C16H20N2O3S. The standard InChI is InChI=1S/C16H20N2O3S/c1-9-6-7-12-13(8-9)22-16(17-12)18-14(19)10-4-2-3-5-11(10)15(20)21/h2-3,9-11H,4-8H2,1H3,(H,20,21)(H,17,18,19). The van der Waals surface area contributed by atoms with Gasteiger partial charge in [0.15, 0.2) is 5.13 Å². The van der Waals surface area contributed by atoms with E-state index in [2.05, 4.69) is 17.2 Å². The maximum absolute atomic E-state index is 12.4. The predicted molar refractivity (Wildman–Crippen MR) is 84.9 cm³/mol. The van der Waals surface area contributed by atoms with Gasteiger partial charge in [-0.3, -0.25) is 9.59 Å². The lowest BCUT2D eigenvalue weighted by molar-refractivity contribution is -0.146. The van der Waals surface area contributed by atoms with Crippen LogP contribution in [-0.4, -0.2) is 22.0 Å². The van der Waals surface area contributed by atoms with Crippen molar-refractivity contribution in [2.75, 3.05) is 5.32 Å². The van der Waals surface area contributed by atoms with E-state index in [0.717, 1.165) is 25.0 Å². The molecule has 0 saturated carbocycles. The summed E-state index contributed by atoms with van der Waals surface area (Å²) < 4.78 is 0. The van der Waals surface area contributed by atoms with E-state index >= 15 is 0 Å². The summed E-state index contributed by atoms with van der Waals surface area (Å²) in [5.41, 5.74) is 1.09. The number of nitrogens with one attached hydrogen (secondary N) is 1. The van der Waals surface area contributed by atoms with Gasteiger partial charge in [-0.05, 0) is 38.0 Å². The van der Waals surface area contributed by atoms with Crippen molar-refractivity contribution in [1.29, 1.82) is 0 Å². The number of nitrogens with zero attached hydrogens (tertiary/aromatic N) is 1. The van der Waals surface area contributed by atoms with Crippen LogP contribution in [0.15, 0.2) is 12.2 Å². The molecule has 0 aromatic carbocycles.